The van der Waals surface area contributed by atoms with Gasteiger partial charge in [0, 0.05) is 5.56 Å². The van der Waals surface area contributed by atoms with Crippen molar-refractivity contribution in [2.24, 2.45) is 0 Å². The topological polar surface area (TPSA) is 50.6 Å². The van der Waals surface area contributed by atoms with E-state index in [9.17, 15) is 8.42 Å². The molecule has 0 radical (unpaired) electrons. The second-order valence-corrected chi connectivity index (χ2v) is 8.47. The SMILES string of the molecule is C[NH+](C)[C@@H]1c2cccc3cccc(c23)[C@H]1NS(=O)(=O)c1ccccc1. The second-order valence-electron chi connectivity index (χ2n) is 6.76. The minimum Gasteiger partial charge on any atom is -0.332 e. The number of likely N-dealkylation sites (N-methyl/N-ethyl adjacent to an activating group) is 1. The molecule has 0 saturated carbocycles. The first-order valence-corrected chi connectivity index (χ1v) is 9.86. The third kappa shape index (κ3) is 2.65. The van der Waals surface area contributed by atoms with Crippen LogP contribution < -0.4 is 9.62 Å². The van der Waals surface area contributed by atoms with Crippen LogP contribution in [0.1, 0.15) is 23.2 Å². The van der Waals surface area contributed by atoms with Gasteiger partial charge in [0.25, 0.3) is 0 Å². The Morgan fingerprint density at radius 2 is 1.48 bits per heavy atom. The van der Waals surface area contributed by atoms with Crippen molar-refractivity contribution < 1.29 is 13.3 Å². The van der Waals surface area contributed by atoms with Crippen molar-refractivity contribution in [3.05, 3.63) is 77.9 Å². The van der Waals surface area contributed by atoms with E-state index in [0.717, 1.165) is 10.9 Å². The number of benzene rings is 3. The summed E-state index contributed by atoms with van der Waals surface area (Å²) in [7, 11) is 0.549. The molecule has 0 heterocycles. The molecule has 0 unspecified atom stereocenters. The van der Waals surface area contributed by atoms with Crippen LogP contribution in [0.5, 0.6) is 0 Å². The van der Waals surface area contributed by atoms with Gasteiger partial charge >= 0.3 is 0 Å². The Labute approximate surface area is 148 Å². The largest absolute Gasteiger partial charge is 0.332 e. The molecule has 2 N–H and O–H groups in total. The highest BCUT2D eigenvalue weighted by atomic mass is 32.2. The number of rotatable bonds is 4. The van der Waals surface area contributed by atoms with Gasteiger partial charge in [0.05, 0.1) is 19.0 Å². The first kappa shape index (κ1) is 16.3. The fourth-order valence-electron chi connectivity index (χ4n) is 3.89. The Morgan fingerprint density at radius 1 is 0.840 bits per heavy atom. The molecule has 4 nitrogen and oxygen atoms in total. The maximum atomic E-state index is 12.9. The van der Waals surface area contributed by atoms with Gasteiger partial charge < -0.3 is 4.90 Å². The van der Waals surface area contributed by atoms with Crippen LogP contribution in [-0.4, -0.2) is 22.5 Å². The molecule has 1 aliphatic carbocycles. The van der Waals surface area contributed by atoms with Crippen LogP contribution in [0.25, 0.3) is 10.8 Å². The molecular formula is C20H21N2O2S+. The van der Waals surface area contributed by atoms with Crippen LogP contribution in [0.15, 0.2) is 71.6 Å². The zero-order valence-corrected chi connectivity index (χ0v) is 15.0. The molecule has 25 heavy (non-hydrogen) atoms. The number of hydrogen-bond donors (Lipinski definition) is 2. The standard InChI is InChI=1S/C20H20N2O2S/c1-22(2)20-17-13-7-9-14-8-6-12-16(18(14)17)19(20)21-25(23,24)15-10-4-3-5-11-15/h3-13,19-21H,1-2H3/p+1/t19-,20-/m1/s1. The maximum Gasteiger partial charge on any atom is 0.241 e. The molecule has 1 aliphatic rings. The van der Waals surface area contributed by atoms with Crippen LogP contribution in [0, 0.1) is 0 Å². The first-order chi connectivity index (χ1) is 12.0. The van der Waals surface area contributed by atoms with Crippen LogP contribution in [0.4, 0.5) is 0 Å². The van der Waals surface area contributed by atoms with E-state index in [1.165, 1.54) is 15.8 Å². The summed E-state index contributed by atoms with van der Waals surface area (Å²) in [6.07, 6.45) is 0. The molecule has 0 spiro atoms. The summed E-state index contributed by atoms with van der Waals surface area (Å²) in [5, 5.41) is 2.33. The van der Waals surface area contributed by atoms with E-state index in [-0.39, 0.29) is 12.1 Å². The van der Waals surface area contributed by atoms with Crippen molar-refractivity contribution in [3.63, 3.8) is 0 Å². The zero-order valence-electron chi connectivity index (χ0n) is 14.2. The Kier molecular flexibility index (Phi) is 3.87. The van der Waals surface area contributed by atoms with Crippen LogP contribution in [0.2, 0.25) is 0 Å². The van der Waals surface area contributed by atoms with Gasteiger partial charge in [-0.25, -0.2) is 8.42 Å². The van der Waals surface area contributed by atoms with Crippen LogP contribution in [0.3, 0.4) is 0 Å². The van der Waals surface area contributed by atoms with E-state index in [1.807, 2.05) is 24.3 Å². The molecule has 2 atom stereocenters. The van der Waals surface area contributed by atoms with Gasteiger partial charge in [-0.15, -0.1) is 0 Å². The van der Waals surface area contributed by atoms with Gasteiger partial charge in [0.15, 0.2) is 0 Å². The number of nitrogens with one attached hydrogen (secondary N) is 2. The number of hydrogen-bond acceptors (Lipinski definition) is 2. The van der Waals surface area contributed by atoms with E-state index in [1.54, 1.807) is 24.3 Å². The van der Waals surface area contributed by atoms with Crippen LogP contribution in [-0.2, 0) is 10.0 Å². The minimum atomic E-state index is -3.59. The van der Waals surface area contributed by atoms with E-state index < -0.39 is 10.0 Å². The Balaban J connectivity index is 1.84. The van der Waals surface area contributed by atoms with E-state index in [4.69, 9.17) is 0 Å². The minimum absolute atomic E-state index is 0.0413. The maximum absolute atomic E-state index is 12.9. The molecule has 3 aromatic carbocycles. The monoisotopic (exact) mass is 353 g/mol. The third-order valence-electron chi connectivity index (χ3n) is 4.93. The third-order valence-corrected chi connectivity index (χ3v) is 6.39. The van der Waals surface area contributed by atoms with Crippen LogP contribution >= 0.6 is 0 Å². The summed E-state index contributed by atoms with van der Waals surface area (Å²) < 4.78 is 28.8. The van der Waals surface area contributed by atoms with Gasteiger partial charge in [-0.3, -0.25) is 0 Å². The predicted octanol–water partition coefficient (Wildman–Crippen LogP) is 2.06. The molecule has 3 aromatic rings. The van der Waals surface area contributed by atoms with Crippen molar-refractivity contribution in [3.8, 4) is 0 Å². The molecule has 0 aromatic heterocycles. The zero-order chi connectivity index (χ0) is 17.6. The Bertz CT molecular complexity index is 1020. The van der Waals surface area contributed by atoms with Gasteiger partial charge in [0.2, 0.25) is 10.0 Å². The summed E-state index contributed by atoms with van der Waals surface area (Å²) in [5.74, 6) is 0. The summed E-state index contributed by atoms with van der Waals surface area (Å²) in [6, 6.07) is 20.7. The summed E-state index contributed by atoms with van der Waals surface area (Å²) in [4.78, 5) is 1.50. The molecule has 0 aliphatic heterocycles. The Morgan fingerprint density at radius 3 is 2.12 bits per heavy atom. The van der Waals surface area contributed by atoms with E-state index in [2.05, 4.69) is 37.0 Å². The lowest BCUT2D eigenvalue weighted by molar-refractivity contribution is -0.894. The highest BCUT2D eigenvalue weighted by Crippen LogP contribution is 2.42. The first-order valence-electron chi connectivity index (χ1n) is 8.38. The number of sulfonamides is 1. The summed E-state index contributed by atoms with van der Waals surface area (Å²) in [6.45, 7) is 0. The van der Waals surface area contributed by atoms with E-state index >= 15 is 0 Å². The van der Waals surface area contributed by atoms with Gasteiger partial charge in [-0.1, -0.05) is 54.6 Å². The van der Waals surface area contributed by atoms with Crippen molar-refractivity contribution in [2.45, 2.75) is 17.0 Å². The average molecular weight is 353 g/mol. The normalized spacial score (nSPS) is 19.6. The lowest BCUT2D eigenvalue weighted by Gasteiger charge is -2.25. The molecule has 0 saturated heterocycles. The smallest absolute Gasteiger partial charge is 0.241 e. The Hall–Kier alpha value is -2.21. The lowest BCUT2D eigenvalue weighted by atomic mass is 10.0. The predicted molar refractivity (Wildman–Crippen MR) is 99.0 cm³/mol. The quantitative estimate of drug-likeness (QED) is 0.754. The molecular weight excluding hydrogens is 332 g/mol. The number of quaternary nitrogens is 1. The molecule has 5 heteroatoms. The van der Waals surface area contributed by atoms with Gasteiger partial charge in [-0.2, -0.15) is 4.72 Å². The van der Waals surface area contributed by atoms with Crippen molar-refractivity contribution in [2.75, 3.05) is 14.1 Å². The van der Waals surface area contributed by atoms with Gasteiger partial charge in [-0.05, 0) is 28.5 Å². The van der Waals surface area contributed by atoms with Crippen molar-refractivity contribution >= 4 is 20.8 Å². The highest BCUT2D eigenvalue weighted by Gasteiger charge is 2.41. The van der Waals surface area contributed by atoms with Crippen molar-refractivity contribution in [1.82, 2.24) is 4.72 Å². The van der Waals surface area contributed by atoms with E-state index in [0.29, 0.717) is 4.90 Å². The molecule has 4 rings (SSSR count). The van der Waals surface area contributed by atoms with Gasteiger partial charge in [0.1, 0.15) is 12.1 Å². The molecule has 0 fully saturated rings. The fraction of sp³-hybridized carbons (Fsp3) is 0.200. The van der Waals surface area contributed by atoms with Crippen molar-refractivity contribution in [1.29, 1.82) is 0 Å². The molecule has 0 amide bonds. The average Bonchev–Trinajstić information content (AvgIpc) is 2.91. The lowest BCUT2D eigenvalue weighted by Crippen LogP contribution is -3.06. The summed E-state index contributed by atoms with van der Waals surface area (Å²) in [5.41, 5.74) is 2.26. The molecule has 0 bridgehead atoms. The summed E-state index contributed by atoms with van der Waals surface area (Å²) >= 11 is 0. The fourth-order valence-corrected chi connectivity index (χ4v) is 5.14. The highest BCUT2D eigenvalue weighted by molar-refractivity contribution is 7.89. The molecule has 128 valence electrons. The second kappa shape index (κ2) is 5.95.